The van der Waals surface area contributed by atoms with Gasteiger partial charge in [0.05, 0.1) is 22.7 Å². The summed E-state index contributed by atoms with van der Waals surface area (Å²) in [6.45, 7) is 2.96. The number of nitrogens with zero attached hydrogens (tertiary/aromatic N) is 2. The minimum Gasteiger partial charge on any atom is -0.506 e. The molecular weight excluding hydrogens is 813 g/mol. The van der Waals surface area contributed by atoms with Gasteiger partial charge in [0.1, 0.15) is 42.5 Å². The maximum absolute atomic E-state index is 14.1. The summed E-state index contributed by atoms with van der Waals surface area (Å²) in [7, 11) is -18.9. The highest BCUT2D eigenvalue weighted by molar-refractivity contribution is 7.94. The molecule has 56 heavy (non-hydrogen) atoms. The van der Waals surface area contributed by atoms with E-state index in [1.54, 1.807) is 0 Å². The predicted octanol–water partition coefficient (Wildman–Crippen LogP) is 5.84. The molecule has 288 valence electrons. The maximum atomic E-state index is 14.1. The van der Waals surface area contributed by atoms with E-state index in [0.29, 0.717) is 0 Å². The number of fused-ring (bicyclic) bond motifs is 8. The van der Waals surface area contributed by atoms with E-state index in [2.05, 4.69) is 10.6 Å². The van der Waals surface area contributed by atoms with Crippen LogP contribution in [-0.2, 0) is 40.3 Å². The van der Waals surface area contributed by atoms with E-state index in [1.165, 1.54) is 86.6 Å². The van der Waals surface area contributed by atoms with Crippen LogP contribution < -0.4 is 19.2 Å². The summed E-state index contributed by atoms with van der Waals surface area (Å²) in [5.41, 5.74) is -0.643. The van der Waals surface area contributed by atoms with Gasteiger partial charge in [-0.1, -0.05) is 48.5 Å². The van der Waals surface area contributed by atoms with Gasteiger partial charge in [-0.3, -0.25) is 9.11 Å². The number of carbonyl (C=O) groups excluding carboxylic acids is 1. The number of phenolic OH excluding ortho intramolecular Hbond substituents is 2. The van der Waals surface area contributed by atoms with Crippen LogP contribution in [0.1, 0.15) is 11.1 Å². The van der Waals surface area contributed by atoms with Gasteiger partial charge in [-0.05, 0) is 49.2 Å². The molecule has 0 saturated carbocycles. The van der Waals surface area contributed by atoms with Crippen LogP contribution in [0.15, 0.2) is 105 Å². The third-order valence-corrected chi connectivity index (χ3v) is 14.9. The highest BCUT2D eigenvalue weighted by Crippen LogP contribution is 2.53. The largest absolute Gasteiger partial charge is 0.506 e. The van der Waals surface area contributed by atoms with E-state index in [1.807, 2.05) is 0 Å². The molecule has 0 atom stereocenters. The Kier molecular flexibility index (Phi) is 7.93. The van der Waals surface area contributed by atoms with E-state index in [0.717, 1.165) is 20.7 Å². The molecule has 0 unspecified atom stereocenters. The molecule has 4 aliphatic heterocycles. The normalized spacial score (nSPS) is 15.4. The van der Waals surface area contributed by atoms with Crippen molar-refractivity contribution >= 4 is 102 Å². The maximum Gasteiger partial charge on any atom is 0.323 e. The first kappa shape index (κ1) is 37.0. The molecule has 17 nitrogen and oxygen atoms in total. The summed E-state index contributed by atoms with van der Waals surface area (Å²) in [6.07, 6.45) is 0. The van der Waals surface area contributed by atoms with Crippen molar-refractivity contribution in [2.45, 2.75) is 33.4 Å². The molecule has 10 rings (SSSR count). The number of aromatic hydroxyl groups is 2. The van der Waals surface area contributed by atoms with E-state index >= 15 is 0 Å². The lowest BCUT2D eigenvalue weighted by Crippen LogP contribution is -2.35. The van der Waals surface area contributed by atoms with Crippen LogP contribution in [0.4, 0.5) is 38.9 Å². The van der Waals surface area contributed by atoms with Crippen molar-refractivity contribution < 1.29 is 57.8 Å². The summed E-state index contributed by atoms with van der Waals surface area (Å²) in [4.78, 5) is 11.5. The Balaban J connectivity index is 1.18. The third kappa shape index (κ3) is 5.27. The Morgan fingerprint density at radius 3 is 1.25 bits per heavy atom. The van der Waals surface area contributed by atoms with Crippen LogP contribution >= 0.6 is 0 Å². The number of phenols is 2. The highest BCUT2D eigenvalue weighted by Gasteiger charge is 2.42. The van der Waals surface area contributed by atoms with Crippen molar-refractivity contribution in [1.29, 1.82) is 0 Å². The number of rotatable bonds is 6. The zero-order valence-corrected chi connectivity index (χ0v) is 31.8. The monoisotopic (exact) mass is 838 g/mol. The molecule has 0 saturated heterocycles. The van der Waals surface area contributed by atoms with Gasteiger partial charge in [0.15, 0.2) is 0 Å². The number of hydrogen-bond donors (Lipinski definition) is 6. The second-order valence-electron chi connectivity index (χ2n) is 12.8. The van der Waals surface area contributed by atoms with Crippen LogP contribution in [0.3, 0.4) is 0 Å². The number of amides is 2. The smallest absolute Gasteiger partial charge is 0.323 e. The quantitative estimate of drug-likeness (QED) is 0.108. The van der Waals surface area contributed by atoms with E-state index < -0.39 is 77.4 Å². The van der Waals surface area contributed by atoms with Gasteiger partial charge in [0.2, 0.25) is 0 Å². The second-order valence-corrected chi connectivity index (χ2v) is 19.1. The third-order valence-electron chi connectivity index (χ3n) is 9.63. The lowest BCUT2D eigenvalue weighted by molar-refractivity contribution is 0.262. The average molecular weight is 839 g/mol. The van der Waals surface area contributed by atoms with Crippen molar-refractivity contribution in [3.63, 3.8) is 0 Å². The lowest BCUT2D eigenvalue weighted by Gasteiger charge is -2.35. The lowest BCUT2D eigenvalue weighted by atomic mass is 10.1. The number of anilines is 6. The van der Waals surface area contributed by atoms with Gasteiger partial charge in [-0.25, -0.2) is 30.2 Å². The topological polar surface area (TPSA) is 265 Å². The number of benzene rings is 6. The summed E-state index contributed by atoms with van der Waals surface area (Å²) in [6, 6.07) is 16.9. The molecule has 0 radical (unpaired) electrons. The van der Waals surface area contributed by atoms with Crippen molar-refractivity contribution in [3.05, 3.63) is 96.1 Å². The summed E-state index contributed by atoms with van der Waals surface area (Å²) < 4.78 is 126. The summed E-state index contributed by atoms with van der Waals surface area (Å²) in [5.74, 6) is -1.56. The van der Waals surface area contributed by atoms with E-state index in [-0.39, 0.29) is 66.8 Å². The SMILES string of the molecule is Cc1c2ccc(c1NC(=O)Nc1c3ccc(c1C)N(c1c(O)cc(S(=O)(=O)O)c4ccccc14)S3(=O)=O)S(=O)(=O)N2c1c(O)cc(S(=O)(=O)O)c2ccccc12. The van der Waals surface area contributed by atoms with Crippen LogP contribution in [0.25, 0.3) is 21.5 Å². The Bertz CT molecular complexity index is 3050. The minimum absolute atomic E-state index is 0.0268. The standard InChI is InChI=1S/C35H26N4O13S4/c1-17-23-11-13-27(53(43,44)38(23)33-21-9-5-3-7-19(21)29(15-25(33)40)55(47,48)49)31(17)36-35(42)37-32-18(2)24-12-14-28(32)54(45,46)39(24)34-22-10-6-4-8-20(22)30(16-26(34)41)56(50,51)52/h3-16,40-41H,1-2H3,(H2,36,37,42)(H,47,48,49)(H,50,51,52). The number of hydrogen-bond acceptors (Lipinski definition) is 11. The minimum atomic E-state index is -4.84. The fourth-order valence-corrected chi connectivity index (χ4v) is 12.2. The van der Waals surface area contributed by atoms with Crippen molar-refractivity contribution in [3.8, 4) is 11.5 Å². The number of sulfonamides is 2. The average Bonchev–Trinajstić information content (AvgIpc) is 3.10. The summed E-state index contributed by atoms with van der Waals surface area (Å²) >= 11 is 0. The van der Waals surface area contributed by atoms with Gasteiger partial charge in [-0.2, -0.15) is 16.8 Å². The van der Waals surface area contributed by atoms with E-state index in [4.69, 9.17) is 0 Å². The van der Waals surface area contributed by atoms with Crippen LogP contribution in [0, 0.1) is 13.8 Å². The molecule has 0 aromatic heterocycles. The van der Waals surface area contributed by atoms with Gasteiger partial charge in [0, 0.05) is 33.7 Å². The van der Waals surface area contributed by atoms with Gasteiger partial charge in [0.25, 0.3) is 40.3 Å². The molecule has 6 N–H and O–H groups in total. The molecule has 0 fully saturated rings. The Morgan fingerprint density at radius 1 is 0.571 bits per heavy atom. The van der Waals surface area contributed by atoms with E-state index in [9.17, 15) is 57.8 Å². The first-order valence-electron chi connectivity index (χ1n) is 16.1. The number of nitrogens with one attached hydrogen (secondary N) is 2. The Morgan fingerprint density at radius 2 is 0.911 bits per heavy atom. The van der Waals surface area contributed by atoms with Crippen LogP contribution in [-0.4, -0.2) is 59.0 Å². The Labute approximate surface area is 318 Å². The van der Waals surface area contributed by atoms with Crippen molar-refractivity contribution in [1.82, 2.24) is 0 Å². The molecular formula is C35H26N4O13S4. The molecule has 21 heteroatoms. The van der Waals surface area contributed by atoms with Crippen LogP contribution in [0.5, 0.6) is 11.5 Å². The van der Waals surface area contributed by atoms with Crippen LogP contribution in [0.2, 0.25) is 0 Å². The van der Waals surface area contributed by atoms with Gasteiger partial charge >= 0.3 is 6.03 Å². The molecule has 2 amide bonds. The predicted molar refractivity (Wildman–Crippen MR) is 205 cm³/mol. The fourth-order valence-electron chi connectivity index (χ4n) is 7.21. The van der Waals surface area contributed by atoms with Crippen molar-refractivity contribution in [2.24, 2.45) is 0 Å². The second kappa shape index (κ2) is 12.0. The first-order valence-corrected chi connectivity index (χ1v) is 21.8. The molecule has 0 aliphatic carbocycles. The molecule has 0 spiro atoms. The summed E-state index contributed by atoms with van der Waals surface area (Å²) in [5, 5.41) is 26.8. The number of carbonyl (C=O) groups is 1. The van der Waals surface area contributed by atoms with Gasteiger partial charge < -0.3 is 20.8 Å². The van der Waals surface area contributed by atoms with Gasteiger partial charge in [-0.15, -0.1) is 0 Å². The molecule has 6 aromatic carbocycles. The molecule has 4 aliphatic rings. The molecule has 6 aromatic rings. The zero-order valence-electron chi connectivity index (χ0n) is 28.6. The first-order chi connectivity index (χ1) is 26.2. The molecule has 4 bridgehead atoms. The molecule has 4 heterocycles. The van der Waals surface area contributed by atoms with Crippen molar-refractivity contribution in [2.75, 3.05) is 19.2 Å². The Hall–Kier alpha value is -5.97. The zero-order chi connectivity index (χ0) is 40.4. The highest BCUT2D eigenvalue weighted by atomic mass is 32.2. The number of urea groups is 1. The fraction of sp³-hybridized carbons (Fsp3) is 0.0571.